The first kappa shape index (κ1) is 21.2. The minimum absolute atomic E-state index is 0. The Balaban J connectivity index is 0.00000225. The van der Waals surface area contributed by atoms with Crippen molar-refractivity contribution in [3.05, 3.63) is 0 Å². The van der Waals surface area contributed by atoms with Crippen molar-refractivity contribution in [1.29, 1.82) is 0 Å². The van der Waals surface area contributed by atoms with Gasteiger partial charge in [0.2, 0.25) is 0 Å². The van der Waals surface area contributed by atoms with Crippen LogP contribution < -0.4 is 5.32 Å². The molecule has 7 heteroatoms. The van der Waals surface area contributed by atoms with Crippen molar-refractivity contribution < 1.29 is 0 Å². The van der Waals surface area contributed by atoms with E-state index in [0.29, 0.717) is 6.04 Å². The highest BCUT2D eigenvalue weighted by molar-refractivity contribution is 14.0. The van der Waals surface area contributed by atoms with E-state index in [1.165, 1.54) is 38.9 Å². The summed E-state index contributed by atoms with van der Waals surface area (Å²) in [5, 5.41) is 3.53. The number of nitrogens with zero attached hydrogens (tertiary/aromatic N) is 5. The van der Waals surface area contributed by atoms with E-state index >= 15 is 0 Å². The lowest BCUT2D eigenvalue weighted by Crippen LogP contribution is -2.52. The van der Waals surface area contributed by atoms with Gasteiger partial charge in [-0.1, -0.05) is 0 Å². The van der Waals surface area contributed by atoms with Gasteiger partial charge in [0.15, 0.2) is 5.96 Å². The second kappa shape index (κ2) is 10.3. The number of hydrogen-bond acceptors (Lipinski definition) is 4. The lowest BCUT2D eigenvalue weighted by molar-refractivity contribution is 0.119. The van der Waals surface area contributed by atoms with Crippen molar-refractivity contribution in [2.24, 2.45) is 4.99 Å². The maximum atomic E-state index is 5.01. The summed E-state index contributed by atoms with van der Waals surface area (Å²) < 4.78 is 0. The fraction of sp³-hybridized carbons (Fsp3) is 0.944. The summed E-state index contributed by atoms with van der Waals surface area (Å²) in [6.45, 7) is 12.3. The summed E-state index contributed by atoms with van der Waals surface area (Å²) in [4.78, 5) is 15.1. The van der Waals surface area contributed by atoms with Crippen LogP contribution in [0.2, 0.25) is 0 Å². The molecule has 146 valence electrons. The maximum Gasteiger partial charge on any atom is 0.194 e. The highest BCUT2D eigenvalue weighted by Crippen LogP contribution is 2.20. The smallest absolute Gasteiger partial charge is 0.194 e. The molecule has 0 radical (unpaired) electrons. The van der Waals surface area contributed by atoms with Crippen molar-refractivity contribution in [2.75, 3.05) is 73.0 Å². The van der Waals surface area contributed by atoms with E-state index in [1.54, 1.807) is 0 Å². The van der Waals surface area contributed by atoms with Gasteiger partial charge < -0.3 is 15.1 Å². The fourth-order valence-corrected chi connectivity index (χ4v) is 4.26. The molecule has 0 aromatic carbocycles. The van der Waals surface area contributed by atoms with E-state index in [1.807, 2.05) is 0 Å². The number of halogens is 1. The lowest BCUT2D eigenvalue weighted by atomic mass is 10.2. The summed E-state index contributed by atoms with van der Waals surface area (Å²) in [7, 11) is 4.45. The van der Waals surface area contributed by atoms with Crippen molar-refractivity contribution in [2.45, 2.75) is 38.3 Å². The first-order valence-corrected chi connectivity index (χ1v) is 9.83. The van der Waals surface area contributed by atoms with Crippen LogP contribution in [-0.2, 0) is 0 Å². The van der Waals surface area contributed by atoms with Gasteiger partial charge in [-0.25, -0.2) is 0 Å². The third-order valence-electron chi connectivity index (χ3n) is 5.89. The maximum absolute atomic E-state index is 5.01. The minimum atomic E-state index is 0. The molecule has 0 bridgehead atoms. The van der Waals surface area contributed by atoms with E-state index in [4.69, 9.17) is 4.99 Å². The zero-order chi connectivity index (χ0) is 16.9. The van der Waals surface area contributed by atoms with E-state index in [9.17, 15) is 0 Å². The Morgan fingerprint density at radius 1 is 1.04 bits per heavy atom. The van der Waals surface area contributed by atoms with Crippen molar-refractivity contribution >= 4 is 29.9 Å². The quantitative estimate of drug-likeness (QED) is 0.382. The van der Waals surface area contributed by atoms with E-state index in [0.717, 1.165) is 51.3 Å². The highest BCUT2D eigenvalue weighted by Gasteiger charge is 2.31. The number of guanidine groups is 1. The first-order chi connectivity index (χ1) is 11.7. The van der Waals surface area contributed by atoms with Crippen LogP contribution in [0.4, 0.5) is 0 Å². The Morgan fingerprint density at radius 2 is 1.80 bits per heavy atom. The molecular formula is C18H37IN6. The molecule has 3 heterocycles. The standard InChI is InChI=1S/C18H36N6.HI/c1-4-19-18(20-13-17-14-21(2)11-12-22(17)3)24-10-7-16(15-24)23-8-5-6-9-23;/h16-17H,4-15H2,1-3H3,(H,19,20);1H. The minimum Gasteiger partial charge on any atom is -0.357 e. The Hall–Kier alpha value is -0.120. The number of aliphatic imine (C=N–C) groups is 1. The van der Waals surface area contributed by atoms with Gasteiger partial charge in [0.1, 0.15) is 0 Å². The molecule has 3 rings (SSSR count). The Kier molecular flexibility index (Phi) is 8.71. The van der Waals surface area contributed by atoms with E-state index in [-0.39, 0.29) is 24.0 Å². The van der Waals surface area contributed by atoms with Crippen LogP contribution in [0, 0.1) is 0 Å². The average Bonchev–Trinajstić information content (AvgIpc) is 3.25. The Labute approximate surface area is 171 Å². The number of rotatable bonds is 4. The van der Waals surface area contributed by atoms with Gasteiger partial charge >= 0.3 is 0 Å². The summed E-state index contributed by atoms with van der Waals surface area (Å²) >= 11 is 0. The van der Waals surface area contributed by atoms with Crippen LogP contribution in [0.25, 0.3) is 0 Å². The molecule has 25 heavy (non-hydrogen) atoms. The molecule has 0 aromatic heterocycles. The van der Waals surface area contributed by atoms with E-state index < -0.39 is 0 Å². The average molecular weight is 464 g/mol. The van der Waals surface area contributed by atoms with Gasteiger partial charge in [-0.2, -0.15) is 0 Å². The zero-order valence-corrected chi connectivity index (χ0v) is 18.6. The second-order valence-electron chi connectivity index (χ2n) is 7.72. The Morgan fingerprint density at radius 3 is 2.52 bits per heavy atom. The van der Waals surface area contributed by atoms with Crippen LogP contribution in [0.5, 0.6) is 0 Å². The predicted molar refractivity (Wildman–Crippen MR) is 116 cm³/mol. The molecule has 0 aliphatic carbocycles. The molecule has 1 N–H and O–H groups in total. The molecule has 0 spiro atoms. The van der Waals surface area contributed by atoms with Gasteiger partial charge in [-0.3, -0.25) is 14.8 Å². The molecule has 3 saturated heterocycles. The molecular weight excluding hydrogens is 427 g/mol. The molecule has 2 unspecified atom stereocenters. The highest BCUT2D eigenvalue weighted by atomic mass is 127. The number of nitrogens with one attached hydrogen (secondary N) is 1. The predicted octanol–water partition coefficient (Wildman–Crippen LogP) is 0.986. The largest absolute Gasteiger partial charge is 0.357 e. The van der Waals surface area contributed by atoms with Gasteiger partial charge in [-0.05, 0) is 53.4 Å². The van der Waals surface area contributed by atoms with Crippen molar-refractivity contribution in [1.82, 2.24) is 24.9 Å². The van der Waals surface area contributed by atoms with Crippen LogP contribution in [0.3, 0.4) is 0 Å². The summed E-state index contributed by atoms with van der Waals surface area (Å²) in [6.07, 6.45) is 4.05. The van der Waals surface area contributed by atoms with Crippen LogP contribution >= 0.6 is 24.0 Å². The van der Waals surface area contributed by atoms with Crippen LogP contribution in [0.1, 0.15) is 26.2 Å². The van der Waals surface area contributed by atoms with Crippen LogP contribution in [-0.4, -0.2) is 111 Å². The van der Waals surface area contributed by atoms with E-state index in [2.05, 4.69) is 45.9 Å². The van der Waals surface area contributed by atoms with Crippen molar-refractivity contribution in [3.8, 4) is 0 Å². The second-order valence-corrected chi connectivity index (χ2v) is 7.72. The topological polar surface area (TPSA) is 37.4 Å². The SMILES string of the molecule is CCNC(=NCC1CN(C)CCN1C)N1CCC(N2CCCC2)C1.I. The first-order valence-electron chi connectivity index (χ1n) is 9.83. The van der Waals surface area contributed by atoms with Gasteiger partial charge in [-0.15, -0.1) is 24.0 Å². The van der Waals surface area contributed by atoms with Crippen LogP contribution in [0.15, 0.2) is 4.99 Å². The number of piperazine rings is 1. The number of hydrogen-bond donors (Lipinski definition) is 1. The van der Waals surface area contributed by atoms with Gasteiger partial charge in [0.25, 0.3) is 0 Å². The number of likely N-dealkylation sites (tertiary alicyclic amines) is 2. The molecule has 0 amide bonds. The zero-order valence-electron chi connectivity index (χ0n) is 16.3. The summed E-state index contributed by atoms with van der Waals surface area (Å²) in [5.41, 5.74) is 0. The fourth-order valence-electron chi connectivity index (χ4n) is 4.26. The molecule has 2 atom stereocenters. The number of likely N-dealkylation sites (N-methyl/N-ethyl adjacent to an activating group) is 2. The normalized spacial score (nSPS) is 29.9. The molecule has 3 aliphatic heterocycles. The summed E-state index contributed by atoms with van der Waals surface area (Å²) in [6, 6.07) is 1.27. The monoisotopic (exact) mass is 464 g/mol. The van der Waals surface area contributed by atoms with Gasteiger partial charge in [0, 0.05) is 51.4 Å². The third-order valence-corrected chi connectivity index (χ3v) is 5.89. The van der Waals surface area contributed by atoms with Gasteiger partial charge in [0.05, 0.1) is 6.54 Å². The third kappa shape index (κ3) is 5.68. The molecule has 6 nitrogen and oxygen atoms in total. The van der Waals surface area contributed by atoms with Crippen molar-refractivity contribution in [3.63, 3.8) is 0 Å². The molecule has 3 aliphatic rings. The lowest BCUT2D eigenvalue weighted by Gasteiger charge is -2.37. The molecule has 0 aromatic rings. The summed E-state index contributed by atoms with van der Waals surface area (Å²) in [5.74, 6) is 1.13. The molecule has 3 fully saturated rings. The Bertz CT molecular complexity index is 426. The molecule has 0 saturated carbocycles.